The number of nitroso groups, excluding NO2 is 1. The molecule has 6 N–H and O–H groups in total. The van der Waals surface area contributed by atoms with E-state index in [1.807, 2.05) is 6.07 Å². The van der Waals surface area contributed by atoms with Gasteiger partial charge in [0.25, 0.3) is 0 Å². The maximum Gasteiger partial charge on any atom is 0.232 e. The van der Waals surface area contributed by atoms with E-state index in [9.17, 15) is 14.1 Å². The zero-order chi connectivity index (χ0) is 21.0. The van der Waals surface area contributed by atoms with Crippen LogP contribution >= 0.6 is 0 Å². The number of hydrogen-bond donors (Lipinski definition) is 5. The summed E-state index contributed by atoms with van der Waals surface area (Å²) in [5.74, 6) is -0.986. The van der Waals surface area contributed by atoms with Gasteiger partial charge in [-0.05, 0) is 31.9 Å². The first-order valence-electron chi connectivity index (χ1n) is 9.88. The van der Waals surface area contributed by atoms with E-state index in [0.717, 1.165) is 23.5 Å². The molecule has 10 nitrogen and oxygen atoms in total. The SMILES string of the molecule is CC(N)C(C(=O)Nc1cnccc1C1CCNNC1C)C1NCC(F)CN1N=O. The van der Waals surface area contributed by atoms with E-state index in [1.165, 1.54) is 0 Å². The third-order valence-corrected chi connectivity index (χ3v) is 5.59. The Kier molecular flexibility index (Phi) is 7.06. The van der Waals surface area contributed by atoms with Gasteiger partial charge in [0.15, 0.2) is 0 Å². The average Bonchev–Trinajstić information content (AvgIpc) is 2.70. The Hall–Kier alpha value is -2.21. The van der Waals surface area contributed by atoms with E-state index >= 15 is 0 Å². The molecule has 160 valence electrons. The number of carbonyl (C=O) groups is 1. The highest BCUT2D eigenvalue weighted by molar-refractivity contribution is 5.94. The summed E-state index contributed by atoms with van der Waals surface area (Å²) >= 11 is 0. The summed E-state index contributed by atoms with van der Waals surface area (Å²) in [6.45, 7) is 4.42. The van der Waals surface area contributed by atoms with Gasteiger partial charge in [-0.3, -0.25) is 25.9 Å². The molecule has 0 radical (unpaired) electrons. The molecule has 2 fully saturated rings. The van der Waals surface area contributed by atoms with E-state index in [2.05, 4.69) is 38.7 Å². The van der Waals surface area contributed by atoms with Crippen molar-refractivity contribution in [1.29, 1.82) is 0 Å². The van der Waals surface area contributed by atoms with Crippen molar-refractivity contribution in [3.63, 3.8) is 0 Å². The van der Waals surface area contributed by atoms with Crippen LogP contribution in [0.4, 0.5) is 10.1 Å². The van der Waals surface area contributed by atoms with Crippen LogP contribution < -0.4 is 27.2 Å². The highest BCUT2D eigenvalue weighted by atomic mass is 19.1. The minimum Gasteiger partial charge on any atom is -0.327 e. The maximum absolute atomic E-state index is 13.6. The molecule has 11 heteroatoms. The number of alkyl halides is 1. The van der Waals surface area contributed by atoms with Crippen LogP contribution in [0.5, 0.6) is 0 Å². The van der Waals surface area contributed by atoms with Gasteiger partial charge in [0, 0.05) is 37.3 Å². The number of nitrogens with one attached hydrogen (secondary N) is 4. The number of nitrogens with two attached hydrogens (primary N) is 1. The zero-order valence-corrected chi connectivity index (χ0v) is 16.6. The molecule has 0 aromatic carbocycles. The molecular weight excluding hydrogens is 379 g/mol. The van der Waals surface area contributed by atoms with Gasteiger partial charge in [-0.1, -0.05) is 0 Å². The lowest BCUT2D eigenvalue weighted by molar-refractivity contribution is -0.124. The predicted molar refractivity (Wildman–Crippen MR) is 107 cm³/mol. The lowest BCUT2D eigenvalue weighted by Crippen LogP contribution is -2.62. The Morgan fingerprint density at radius 2 is 2.31 bits per heavy atom. The lowest BCUT2D eigenvalue weighted by atomic mass is 9.88. The molecule has 2 saturated heterocycles. The van der Waals surface area contributed by atoms with E-state index in [4.69, 9.17) is 5.73 Å². The van der Waals surface area contributed by atoms with Crippen LogP contribution in [0.2, 0.25) is 0 Å². The number of hydrazine groups is 1. The number of carbonyl (C=O) groups excluding carboxylic acids is 1. The second-order valence-corrected chi connectivity index (χ2v) is 7.75. The molecule has 0 spiro atoms. The van der Waals surface area contributed by atoms with Crippen LogP contribution in [-0.4, -0.2) is 60.0 Å². The summed E-state index contributed by atoms with van der Waals surface area (Å²) in [6.07, 6.45) is 2.20. The first-order valence-corrected chi connectivity index (χ1v) is 9.88. The minimum atomic E-state index is -1.24. The molecule has 2 aliphatic heterocycles. The van der Waals surface area contributed by atoms with E-state index < -0.39 is 24.3 Å². The first kappa shape index (κ1) is 21.5. The predicted octanol–water partition coefficient (Wildman–Crippen LogP) is 0.204. The molecule has 1 aromatic heterocycles. The number of anilines is 1. The van der Waals surface area contributed by atoms with Gasteiger partial charge in [0.1, 0.15) is 12.3 Å². The van der Waals surface area contributed by atoms with Crippen LogP contribution in [0.15, 0.2) is 23.7 Å². The monoisotopic (exact) mass is 408 g/mol. The van der Waals surface area contributed by atoms with Crippen molar-refractivity contribution in [2.24, 2.45) is 16.9 Å². The van der Waals surface area contributed by atoms with Crippen molar-refractivity contribution in [3.05, 3.63) is 28.9 Å². The fraction of sp³-hybridized carbons (Fsp3) is 0.667. The molecule has 1 aromatic rings. The number of rotatable bonds is 6. The molecule has 3 heterocycles. The van der Waals surface area contributed by atoms with Gasteiger partial charge in [0.2, 0.25) is 5.91 Å². The zero-order valence-electron chi connectivity index (χ0n) is 16.6. The second kappa shape index (κ2) is 9.53. The highest BCUT2D eigenvalue weighted by Crippen LogP contribution is 2.31. The van der Waals surface area contributed by atoms with Crippen molar-refractivity contribution in [1.82, 2.24) is 26.2 Å². The highest BCUT2D eigenvalue weighted by Gasteiger charge is 2.40. The molecule has 1 amide bonds. The third kappa shape index (κ3) is 4.86. The number of hydrogen-bond acceptors (Lipinski definition) is 8. The van der Waals surface area contributed by atoms with Gasteiger partial charge < -0.3 is 11.1 Å². The summed E-state index contributed by atoms with van der Waals surface area (Å²) in [4.78, 5) is 28.5. The second-order valence-electron chi connectivity index (χ2n) is 7.75. The summed E-state index contributed by atoms with van der Waals surface area (Å²) in [6, 6.07) is 1.48. The minimum absolute atomic E-state index is 0.0313. The number of halogens is 1. The average molecular weight is 408 g/mol. The molecule has 0 aliphatic carbocycles. The van der Waals surface area contributed by atoms with Crippen molar-refractivity contribution in [3.8, 4) is 0 Å². The van der Waals surface area contributed by atoms with Crippen molar-refractivity contribution in [2.75, 3.05) is 25.0 Å². The van der Waals surface area contributed by atoms with Gasteiger partial charge in [0.05, 0.1) is 29.6 Å². The molecule has 29 heavy (non-hydrogen) atoms. The van der Waals surface area contributed by atoms with Crippen LogP contribution in [0.3, 0.4) is 0 Å². The lowest BCUT2D eigenvalue weighted by Gasteiger charge is -2.39. The number of pyridine rings is 1. The summed E-state index contributed by atoms with van der Waals surface area (Å²) in [5.41, 5.74) is 14.0. The molecule has 0 bridgehead atoms. The fourth-order valence-electron chi connectivity index (χ4n) is 4.09. The van der Waals surface area contributed by atoms with Gasteiger partial charge in [-0.2, -0.15) is 0 Å². The van der Waals surface area contributed by atoms with Crippen LogP contribution in [0, 0.1) is 10.8 Å². The summed E-state index contributed by atoms with van der Waals surface area (Å²) in [7, 11) is 0. The van der Waals surface area contributed by atoms with Crippen molar-refractivity contribution < 1.29 is 9.18 Å². The summed E-state index contributed by atoms with van der Waals surface area (Å²) < 4.78 is 13.6. The van der Waals surface area contributed by atoms with Crippen molar-refractivity contribution in [2.45, 2.75) is 50.6 Å². The molecular formula is C18H29FN8O2. The van der Waals surface area contributed by atoms with E-state index in [1.54, 1.807) is 19.3 Å². The smallest absolute Gasteiger partial charge is 0.232 e. The molecule has 2 aliphatic rings. The first-order chi connectivity index (χ1) is 13.9. The van der Waals surface area contributed by atoms with Gasteiger partial charge in [-0.25, -0.2) is 9.40 Å². The van der Waals surface area contributed by atoms with E-state index in [0.29, 0.717) is 5.69 Å². The molecule has 6 unspecified atom stereocenters. The number of nitrogens with zero attached hydrogens (tertiary/aromatic N) is 3. The number of amides is 1. The largest absolute Gasteiger partial charge is 0.327 e. The fourth-order valence-corrected chi connectivity index (χ4v) is 4.09. The van der Waals surface area contributed by atoms with Crippen LogP contribution in [0.25, 0.3) is 0 Å². The standard InChI is InChI=1S/C18H29FN8O2/c1-10(20)16(17-22-7-12(19)9-27(17)26-29)18(28)24-15-8-21-5-3-14(15)13-4-6-23-25-11(13)2/h3,5,8,10-13,16-17,22-23,25H,4,6-7,9,20H2,1-2H3,(H,24,28). The third-order valence-electron chi connectivity index (χ3n) is 5.59. The Bertz CT molecular complexity index is 721. The van der Waals surface area contributed by atoms with E-state index in [-0.39, 0.29) is 31.0 Å². The molecule has 3 rings (SSSR count). The topological polar surface area (TPSA) is 137 Å². The molecule has 6 atom stereocenters. The number of aromatic nitrogens is 1. The Labute approximate surface area is 169 Å². The normalized spacial score (nSPS) is 29.7. The van der Waals surface area contributed by atoms with Gasteiger partial charge in [-0.15, -0.1) is 4.91 Å². The van der Waals surface area contributed by atoms with Gasteiger partial charge >= 0.3 is 0 Å². The maximum atomic E-state index is 13.6. The van der Waals surface area contributed by atoms with Crippen LogP contribution in [-0.2, 0) is 4.79 Å². The Morgan fingerprint density at radius 3 is 3.00 bits per heavy atom. The van der Waals surface area contributed by atoms with Crippen LogP contribution in [0.1, 0.15) is 31.7 Å². The summed E-state index contributed by atoms with van der Waals surface area (Å²) in [5, 5.41) is 9.72. The Morgan fingerprint density at radius 1 is 1.52 bits per heavy atom. The Balaban J connectivity index is 1.81. The van der Waals surface area contributed by atoms with Crippen molar-refractivity contribution >= 4 is 11.6 Å². The quantitative estimate of drug-likeness (QED) is 0.421. The molecule has 0 saturated carbocycles.